The van der Waals surface area contributed by atoms with Crippen LogP contribution < -0.4 is 0 Å². The summed E-state index contributed by atoms with van der Waals surface area (Å²) in [6.45, 7) is 8.23. The zero-order valence-electron chi connectivity index (χ0n) is 11.6. The molecule has 0 radical (unpaired) electrons. The molecule has 2 saturated carbocycles. The Hall–Kier alpha value is -0.370. The van der Waals surface area contributed by atoms with Gasteiger partial charge >= 0.3 is 0 Å². The van der Waals surface area contributed by atoms with Crippen LogP contribution in [0.4, 0.5) is 0 Å². The van der Waals surface area contributed by atoms with Crippen molar-refractivity contribution in [3.8, 4) is 0 Å². The predicted molar refractivity (Wildman–Crippen MR) is 68.6 cm³/mol. The number of Topliss-reactive ketones (excluding diaryl/α,β-unsaturated/α-hetero) is 1. The molecule has 0 spiro atoms. The molecule has 2 aliphatic carbocycles. The second kappa shape index (κ2) is 4.38. The van der Waals surface area contributed by atoms with Crippen LogP contribution in [0.3, 0.4) is 0 Å². The summed E-state index contributed by atoms with van der Waals surface area (Å²) in [5, 5.41) is 10.5. The summed E-state index contributed by atoms with van der Waals surface area (Å²) in [7, 11) is 0. The summed E-state index contributed by atoms with van der Waals surface area (Å²) in [6, 6.07) is 0. The molecule has 2 heteroatoms. The Balaban J connectivity index is 2.28. The van der Waals surface area contributed by atoms with E-state index >= 15 is 0 Å². The Morgan fingerprint density at radius 2 is 1.94 bits per heavy atom. The third-order valence-corrected chi connectivity index (χ3v) is 5.37. The van der Waals surface area contributed by atoms with Gasteiger partial charge in [0.2, 0.25) is 0 Å². The molecule has 0 aromatic heterocycles. The lowest BCUT2D eigenvalue weighted by molar-refractivity contribution is -0.127. The molecule has 0 saturated heterocycles. The summed E-state index contributed by atoms with van der Waals surface area (Å²) >= 11 is 0. The number of carbonyl (C=O) groups is 1. The first-order valence-corrected chi connectivity index (χ1v) is 7.07. The third-order valence-electron chi connectivity index (χ3n) is 5.37. The van der Waals surface area contributed by atoms with Gasteiger partial charge in [-0.3, -0.25) is 4.79 Å². The molecule has 17 heavy (non-hydrogen) atoms. The zero-order valence-corrected chi connectivity index (χ0v) is 11.6. The average Bonchev–Trinajstić information content (AvgIpc) is 2.62. The van der Waals surface area contributed by atoms with E-state index in [1.807, 2.05) is 6.92 Å². The van der Waals surface area contributed by atoms with Crippen molar-refractivity contribution in [2.75, 3.05) is 0 Å². The molecule has 5 atom stereocenters. The van der Waals surface area contributed by atoms with E-state index in [-0.39, 0.29) is 5.92 Å². The smallest absolute Gasteiger partial charge is 0.133 e. The van der Waals surface area contributed by atoms with E-state index in [2.05, 4.69) is 13.8 Å². The standard InChI is InChI=1S/C15H26O2/c1-9(2)11-7-8-15(4,17)13-6-5-12(10(3)16)14(11)13/h9,11-14,17H,5-8H2,1-4H3. The number of hydrogen-bond acceptors (Lipinski definition) is 2. The van der Waals surface area contributed by atoms with Crippen molar-refractivity contribution >= 4 is 5.78 Å². The van der Waals surface area contributed by atoms with Gasteiger partial charge in [-0.25, -0.2) is 0 Å². The molecular weight excluding hydrogens is 212 g/mol. The normalized spacial score (nSPS) is 46.0. The molecule has 5 unspecified atom stereocenters. The highest BCUT2D eigenvalue weighted by atomic mass is 16.3. The van der Waals surface area contributed by atoms with E-state index in [0.717, 1.165) is 25.7 Å². The number of rotatable bonds is 2. The molecule has 2 fully saturated rings. The summed E-state index contributed by atoms with van der Waals surface area (Å²) in [5.74, 6) is 2.56. The molecule has 0 aliphatic heterocycles. The average molecular weight is 238 g/mol. The number of carbonyl (C=O) groups excluding carboxylic acids is 1. The van der Waals surface area contributed by atoms with Crippen LogP contribution in [0.25, 0.3) is 0 Å². The minimum absolute atomic E-state index is 0.208. The molecule has 98 valence electrons. The number of fused-ring (bicyclic) bond motifs is 1. The van der Waals surface area contributed by atoms with E-state index < -0.39 is 5.60 Å². The van der Waals surface area contributed by atoms with Crippen LogP contribution in [-0.2, 0) is 4.79 Å². The van der Waals surface area contributed by atoms with E-state index in [4.69, 9.17) is 0 Å². The fraction of sp³-hybridized carbons (Fsp3) is 0.933. The van der Waals surface area contributed by atoms with Gasteiger partial charge in [-0.1, -0.05) is 13.8 Å². The van der Waals surface area contributed by atoms with Gasteiger partial charge in [0.05, 0.1) is 5.60 Å². The summed E-state index contributed by atoms with van der Waals surface area (Å²) in [6.07, 6.45) is 4.01. The molecule has 0 heterocycles. The Morgan fingerprint density at radius 3 is 2.47 bits per heavy atom. The Bertz CT molecular complexity index is 306. The van der Waals surface area contributed by atoms with Crippen LogP contribution in [0.5, 0.6) is 0 Å². The van der Waals surface area contributed by atoms with E-state index in [1.165, 1.54) is 0 Å². The molecule has 2 rings (SSSR count). The molecule has 2 aliphatic rings. The number of ketones is 1. The van der Waals surface area contributed by atoms with E-state index in [9.17, 15) is 9.90 Å². The van der Waals surface area contributed by atoms with Gasteiger partial charge in [0.15, 0.2) is 0 Å². The van der Waals surface area contributed by atoms with Gasteiger partial charge in [-0.15, -0.1) is 0 Å². The molecular formula is C15H26O2. The molecule has 0 aromatic carbocycles. The van der Waals surface area contributed by atoms with Crippen LogP contribution in [0, 0.1) is 29.6 Å². The second-order valence-electron chi connectivity index (χ2n) is 6.78. The lowest BCUT2D eigenvalue weighted by Gasteiger charge is -2.46. The van der Waals surface area contributed by atoms with E-state index in [1.54, 1.807) is 6.92 Å². The molecule has 1 N–H and O–H groups in total. The molecule has 0 amide bonds. The zero-order chi connectivity index (χ0) is 12.8. The monoisotopic (exact) mass is 238 g/mol. The maximum atomic E-state index is 11.8. The second-order valence-corrected chi connectivity index (χ2v) is 6.78. The van der Waals surface area contributed by atoms with Gasteiger partial charge in [0.25, 0.3) is 0 Å². The maximum Gasteiger partial charge on any atom is 0.133 e. The first kappa shape index (κ1) is 13.1. The summed E-state index contributed by atoms with van der Waals surface area (Å²) < 4.78 is 0. The lowest BCUT2D eigenvalue weighted by atomic mass is 9.61. The van der Waals surface area contributed by atoms with Crippen molar-refractivity contribution in [3.63, 3.8) is 0 Å². The fourth-order valence-electron chi connectivity index (χ4n) is 4.44. The largest absolute Gasteiger partial charge is 0.390 e. The molecule has 2 nitrogen and oxygen atoms in total. The van der Waals surface area contributed by atoms with Crippen LogP contribution in [0.1, 0.15) is 53.4 Å². The minimum atomic E-state index is -0.541. The van der Waals surface area contributed by atoms with Crippen molar-refractivity contribution in [1.29, 1.82) is 0 Å². The third kappa shape index (κ3) is 2.16. The minimum Gasteiger partial charge on any atom is -0.390 e. The highest BCUT2D eigenvalue weighted by molar-refractivity contribution is 5.79. The topological polar surface area (TPSA) is 37.3 Å². The Morgan fingerprint density at radius 1 is 1.29 bits per heavy atom. The van der Waals surface area contributed by atoms with Crippen LogP contribution >= 0.6 is 0 Å². The summed E-state index contributed by atoms with van der Waals surface area (Å²) in [4.78, 5) is 11.8. The van der Waals surface area contributed by atoms with Crippen molar-refractivity contribution in [2.45, 2.75) is 59.0 Å². The van der Waals surface area contributed by atoms with Crippen LogP contribution in [0.2, 0.25) is 0 Å². The predicted octanol–water partition coefficient (Wildman–Crippen LogP) is 3.03. The Kier molecular flexibility index (Phi) is 3.37. The van der Waals surface area contributed by atoms with Crippen molar-refractivity contribution < 1.29 is 9.90 Å². The van der Waals surface area contributed by atoms with Crippen molar-refractivity contribution in [2.24, 2.45) is 29.6 Å². The summed E-state index contributed by atoms with van der Waals surface area (Å²) in [5.41, 5.74) is -0.541. The van der Waals surface area contributed by atoms with Gasteiger partial charge < -0.3 is 5.11 Å². The van der Waals surface area contributed by atoms with Gasteiger partial charge in [-0.2, -0.15) is 0 Å². The van der Waals surface area contributed by atoms with E-state index in [0.29, 0.717) is 29.5 Å². The Labute approximate surface area is 105 Å². The van der Waals surface area contributed by atoms with Gasteiger partial charge in [0, 0.05) is 5.92 Å². The van der Waals surface area contributed by atoms with Gasteiger partial charge in [-0.05, 0) is 63.2 Å². The van der Waals surface area contributed by atoms with Crippen LogP contribution in [-0.4, -0.2) is 16.5 Å². The van der Waals surface area contributed by atoms with Crippen LogP contribution in [0.15, 0.2) is 0 Å². The quantitative estimate of drug-likeness (QED) is 0.803. The maximum absolute atomic E-state index is 11.8. The number of hydrogen-bond donors (Lipinski definition) is 1. The molecule has 0 aromatic rings. The molecule has 0 bridgehead atoms. The highest BCUT2D eigenvalue weighted by Crippen LogP contribution is 2.54. The van der Waals surface area contributed by atoms with Crippen molar-refractivity contribution in [3.05, 3.63) is 0 Å². The van der Waals surface area contributed by atoms with Gasteiger partial charge in [0.1, 0.15) is 5.78 Å². The lowest BCUT2D eigenvalue weighted by Crippen LogP contribution is -2.47. The SMILES string of the molecule is CC(=O)C1CCC2C1C(C(C)C)CCC2(C)O. The fourth-order valence-corrected chi connectivity index (χ4v) is 4.44. The first-order valence-electron chi connectivity index (χ1n) is 7.07. The highest BCUT2D eigenvalue weighted by Gasteiger charge is 2.53. The number of aliphatic hydroxyl groups is 1. The first-order chi connectivity index (χ1) is 7.84. The van der Waals surface area contributed by atoms with Crippen molar-refractivity contribution in [1.82, 2.24) is 0 Å².